The highest BCUT2D eigenvalue weighted by molar-refractivity contribution is 5.50. The molecule has 0 unspecified atom stereocenters. The first-order valence-electron chi connectivity index (χ1n) is 6.86. The van der Waals surface area contributed by atoms with Crippen molar-refractivity contribution in [2.45, 2.75) is 46.7 Å². The quantitative estimate of drug-likeness (QED) is 0.931. The van der Waals surface area contributed by atoms with Gasteiger partial charge in [-0.1, -0.05) is 0 Å². The number of aromatic nitrogens is 3. The van der Waals surface area contributed by atoms with E-state index >= 15 is 0 Å². The number of nitrogens with zero attached hydrogens (tertiary/aromatic N) is 3. The van der Waals surface area contributed by atoms with Crippen LogP contribution in [-0.2, 0) is 6.54 Å². The summed E-state index contributed by atoms with van der Waals surface area (Å²) in [5.41, 5.74) is 4.01. The van der Waals surface area contributed by atoms with Crippen molar-refractivity contribution in [1.82, 2.24) is 20.3 Å². The van der Waals surface area contributed by atoms with Gasteiger partial charge in [-0.2, -0.15) is 0 Å². The third-order valence-corrected chi connectivity index (χ3v) is 2.85. The Hall–Kier alpha value is -1.81. The Kier molecular flexibility index (Phi) is 4.14. The van der Waals surface area contributed by atoms with Crippen LogP contribution >= 0.6 is 0 Å². The molecule has 0 aliphatic carbocycles. The Morgan fingerprint density at radius 3 is 2.50 bits per heavy atom. The molecule has 0 radical (unpaired) electrons. The van der Waals surface area contributed by atoms with Gasteiger partial charge in [0.25, 0.3) is 0 Å². The normalized spacial score (nSPS) is 11.7. The molecule has 0 amide bonds. The molecule has 0 aromatic carbocycles. The predicted molar refractivity (Wildman–Crippen MR) is 81.3 cm³/mol. The topological polar surface area (TPSA) is 50.7 Å². The molecule has 2 aromatic rings. The fourth-order valence-electron chi connectivity index (χ4n) is 1.85. The Balaban J connectivity index is 2.29. The van der Waals surface area contributed by atoms with Gasteiger partial charge < -0.3 is 5.32 Å². The van der Waals surface area contributed by atoms with Crippen molar-refractivity contribution in [1.29, 1.82) is 0 Å². The summed E-state index contributed by atoms with van der Waals surface area (Å²) in [6.45, 7) is 11.2. The minimum Gasteiger partial charge on any atom is -0.306 e. The molecule has 0 bridgehead atoms. The van der Waals surface area contributed by atoms with Crippen LogP contribution in [0.15, 0.2) is 24.4 Å². The summed E-state index contributed by atoms with van der Waals surface area (Å²) in [5.74, 6) is 0.694. The number of hydrogen-bond acceptors (Lipinski definition) is 4. The molecule has 0 atom stereocenters. The van der Waals surface area contributed by atoms with Crippen LogP contribution in [-0.4, -0.2) is 20.5 Å². The van der Waals surface area contributed by atoms with Crippen LogP contribution in [0.1, 0.15) is 37.7 Å². The van der Waals surface area contributed by atoms with E-state index in [9.17, 15) is 0 Å². The number of pyridine rings is 1. The average molecular weight is 270 g/mol. The Labute approximate surface area is 120 Å². The molecule has 106 valence electrons. The number of hydrogen-bond donors (Lipinski definition) is 1. The first-order chi connectivity index (χ1) is 9.33. The second kappa shape index (κ2) is 5.67. The van der Waals surface area contributed by atoms with Gasteiger partial charge in [-0.3, -0.25) is 4.98 Å². The third kappa shape index (κ3) is 4.10. The second-order valence-corrected chi connectivity index (χ2v) is 6.15. The summed E-state index contributed by atoms with van der Waals surface area (Å²) in [6, 6.07) is 6.00. The van der Waals surface area contributed by atoms with Crippen molar-refractivity contribution in [3.8, 4) is 11.5 Å². The van der Waals surface area contributed by atoms with Gasteiger partial charge in [-0.05, 0) is 58.4 Å². The van der Waals surface area contributed by atoms with Crippen molar-refractivity contribution in [3.63, 3.8) is 0 Å². The largest absolute Gasteiger partial charge is 0.306 e. The highest BCUT2D eigenvalue weighted by Gasteiger charge is 2.11. The van der Waals surface area contributed by atoms with Gasteiger partial charge in [0.2, 0.25) is 0 Å². The van der Waals surface area contributed by atoms with Gasteiger partial charge in [0, 0.05) is 24.0 Å². The van der Waals surface area contributed by atoms with Gasteiger partial charge in [-0.25, -0.2) is 9.97 Å². The van der Waals surface area contributed by atoms with Crippen molar-refractivity contribution in [2.24, 2.45) is 0 Å². The molecule has 2 aromatic heterocycles. The van der Waals surface area contributed by atoms with E-state index in [1.54, 1.807) is 6.20 Å². The molecule has 4 heteroatoms. The molecule has 0 aliphatic rings. The van der Waals surface area contributed by atoms with Gasteiger partial charge in [-0.15, -0.1) is 0 Å². The zero-order chi connectivity index (χ0) is 14.8. The molecule has 2 heterocycles. The van der Waals surface area contributed by atoms with Crippen LogP contribution in [0.3, 0.4) is 0 Å². The minimum absolute atomic E-state index is 0.0700. The molecule has 0 saturated heterocycles. The number of aryl methyl sites for hydroxylation is 2. The lowest BCUT2D eigenvalue weighted by Crippen LogP contribution is -2.35. The molecule has 0 fully saturated rings. The molecule has 2 rings (SSSR count). The third-order valence-electron chi connectivity index (χ3n) is 2.85. The smallest absolute Gasteiger partial charge is 0.178 e. The maximum Gasteiger partial charge on any atom is 0.178 e. The summed E-state index contributed by atoms with van der Waals surface area (Å²) in [5, 5.41) is 3.44. The van der Waals surface area contributed by atoms with Crippen LogP contribution in [0.25, 0.3) is 11.5 Å². The van der Waals surface area contributed by atoms with Crippen LogP contribution < -0.4 is 5.32 Å². The zero-order valence-corrected chi connectivity index (χ0v) is 12.9. The van der Waals surface area contributed by atoms with Crippen molar-refractivity contribution >= 4 is 0 Å². The van der Waals surface area contributed by atoms with Crippen LogP contribution in [0.4, 0.5) is 0 Å². The highest BCUT2D eigenvalue weighted by Crippen LogP contribution is 2.15. The van der Waals surface area contributed by atoms with E-state index in [0.717, 1.165) is 29.2 Å². The monoisotopic (exact) mass is 270 g/mol. The van der Waals surface area contributed by atoms with E-state index in [2.05, 4.69) is 41.0 Å². The Bertz CT molecular complexity index is 600. The van der Waals surface area contributed by atoms with E-state index in [0.29, 0.717) is 5.82 Å². The SMILES string of the molecule is Cc1ccnc(-c2nc(C)cc(CNC(C)(C)C)n2)c1. The van der Waals surface area contributed by atoms with Crippen LogP contribution in [0.5, 0.6) is 0 Å². The number of rotatable bonds is 3. The number of nitrogens with one attached hydrogen (secondary N) is 1. The maximum atomic E-state index is 4.61. The Morgan fingerprint density at radius 1 is 1.10 bits per heavy atom. The molecule has 4 nitrogen and oxygen atoms in total. The summed E-state index contributed by atoms with van der Waals surface area (Å²) in [6.07, 6.45) is 1.80. The summed E-state index contributed by atoms with van der Waals surface area (Å²) in [7, 11) is 0. The van der Waals surface area contributed by atoms with E-state index in [1.807, 2.05) is 32.0 Å². The first kappa shape index (κ1) is 14.6. The Morgan fingerprint density at radius 2 is 1.85 bits per heavy atom. The highest BCUT2D eigenvalue weighted by atomic mass is 15.0. The fraction of sp³-hybridized carbons (Fsp3) is 0.438. The molecular weight excluding hydrogens is 248 g/mol. The summed E-state index contributed by atoms with van der Waals surface area (Å²) < 4.78 is 0. The molecule has 0 saturated carbocycles. The first-order valence-corrected chi connectivity index (χ1v) is 6.86. The second-order valence-electron chi connectivity index (χ2n) is 6.15. The van der Waals surface area contributed by atoms with E-state index < -0.39 is 0 Å². The summed E-state index contributed by atoms with van der Waals surface area (Å²) in [4.78, 5) is 13.5. The molecule has 1 N–H and O–H groups in total. The molecule has 0 spiro atoms. The average Bonchev–Trinajstić information content (AvgIpc) is 2.35. The molecule has 0 aliphatic heterocycles. The van der Waals surface area contributed by atoms with E-state index in [1.165, 1.54) is 0 Å². The van der Waals surface area contributed by atoms with Gasteiger partial charge >= 0.3 is 0 Å². The molecular formula is C16H22N4. The maximum absolute atomic E-state index is 4.61. The van der Waals surface area contributed by atoms with Gasteiger partial charge in [0.1, 0.15) is 5.69 Å². The zero-order valence-electron chi connectivity index (χ0n) is 12.9. The van der Waals surface area contributed by atoms with Crippen LogP contribution in [0.2, 0.25) is 0 Å². The molecule has 20 heavy (non-hydrogen) atoms. The van der Waals surface area contributed by atoms with Crippen molar-refractivity contribution < 1.29 is 0 Å². The predicted octanol–water partition coefficient (Wildman–Crippen LogP) is 3.04. The fourth-order valence-corrected chi connectivity index (χ4v) is 1.85. The van der Waals surface area contributed by atoms with Crippen molar-refractivity contribution in [2.75, 3.05) is 0 Å². The van der Waals surface area contributed by atoms with E-state index in [4.69, 9.17) is 0 Å². The van der Waals surface area contributed by atoms with Crippen LogP contribution in [0, 0.1) is 13.8 Å². The minimum atomic E-state index is 0.0700. The standard InChI is InChI=1S/C16H22N4/c1-11-6-7-17-14(8-11)15-19-12(2)9-13(20-15)10-18-16(3,4)5/h6-9,18H,10H2,1-5H3. The van der Waals surface area contributed by atoms with E-state index in [-0.39, 0.29) is 5.54 Å². The lowest BCUT2D eigenvalue weighted by atomic mass is 10.1. The van der Waals surface area contributed by atoms with Crippen molar-refractivity contribution in [3.05, 3.63) is 41.3 Å². The lowest BCUT2D eigenvalue weighted by Gasteiger charge is -2.20. The summed E-state index contributed by atoms with van der Waals surface area (Å²) >= 11 is 0. The van der Waals surface area contributed by atoms with Gasteiger partial charge in [0.15, 0.2) is 5.82 Å². The van der Waals surface area contributed by atoms with Gasteiger partial charge in [0.05, 0.1) is 5.69 Å². The lowest BCUT2D eigenvalue weighted by molar-refractivity contribution is 0.421.